The highest BCUT2D eigenvalue weighted by Gasteiger charge is 2.23. The molecule has 0 aromatic heterocycles. The van der Waals surface area contributed by atoms with Crippen LogP contribution in [-0.2, 0) is 14.3 Å². The second-order valence-electron chi connectivity index (χ2n) is 5.35. The van der Waals surface area contributed by atoms with Gasteiger partial charge in [-0.1, -0.05) is 0 Å². The average molecular weight is 321 g/mol. The van der Waals surface area contributed by atoms with E-state index >= 15 is 0 Å². The van der Waals surface area contributed by atoms with Crippen molar-refractivity contribution in [2.45, 2.75) is 31.8 Å². The Morgan fingerprint density at radius 2 is 2.22 bits per heavy atom. The number of carbonyl (C=O) groups is 2. The number of anilines is 2. The van der Waals surface area contributed by atoms with E-state index in [-0.39, 0.29) is 11.8 Å². The van der Waals surface area contributed by atoms with Crippen LogP contribution in [0.2, 0.25) is 0 Å². The lowest BCUT2D eigenvalue weighted by atomic mass is 10.2. The minimum atomic E-state index is -0.403. The first-order valence-corrected chi connectivity index (χ1v) is 7.74. The lowest BCUT2D eigenvalue weighted by Gasteiger charge is -2.14. The highest BCUT2D eigenvalue weighted by Crippen LogP contribution is 2.28. The number of carbonyl (C=O) groups excluding carboxylic acids is 2. The first-order valence-electron chi connectivity index (χ1n) is 7.74. The predicted octanol–water partition coefficient (Wildman–Crippen LogP) is 1.49. The van der Waals surface area contributed by atoms with Crippen molar-refractivity contribution < 1.29 is 19.1 Å². The van der Waals surface area contributed by atoms with E-state index in [4.69, 9.17) is 15.2 Å². The molecular weight excluding hydrogens is 298 g/mol. The summed E-state index contributed by atoms with van der Waals surface area (Å²) in [4.78, 5) is 23.9. The standard InChI is InChI=1S/C16H23N3O4/c1-22-13-7-6-11(18-16(21)14-4-3-9-23-14)10-12(13)19-15(20)5-2-8-17/h6-7,10,14H,2-5,8-9,17H2,1H3,(H,18,21)(H,19,20). The SMILES string of the molecule is COc1ccc(NC(=O)C2CCCO2)cc1NC(=O)CCCN. The Hall–Kier alpha value is -2.12. The maximum atomic E-state index is 12.1. The molecule has 1 unspecified atom stereocenters. The van der Waals surface area contributed by atoms with Crippen molar-refractivity contribution >= 4 is 23.2 Å². The van der Waals surface area contributed by atoms with Crippen LogP contribution in [0.5, 0.6) is 5.75 Å². The van der Waals surface area contributed by atoms with Crippen LogP contribution in [0.1, 0.15) is 25.7 Å². The maximum Gasteiger partial charge on any atom is 0.253 e. The largest absolute Gasteiger partial charge is 0.495 e. The Kier molecular flexibility index (Phi) is 6.37. The van der Waals surface area contributed by atoms with E-state index < -0.39 is 6.10 Å². The van der Waals surface area contributed by atoms with E-state index in [2.05, 4.69) is 10.6 Å². The van der Waals surface area contributed by atoms with Crippen molar-refractivity contribution in [3.05, 3.63) is 18.2 Å². The summed E-state index contributed by atoms with van der Waals surface area (Å²) in [6, 6.07) is 5.09. The summed E-state index contributed by atoms with van der Waals surface area (Å²) in [6.07, 6.45) is 2.17. The normalized spacial score (nSPS) is 16.9. The fraction of sp³-hybridized carbons (Fsp3) is 0.500. The second-order valence-corrected chi connectivity index (χ2v) is 5.35. The lowest BCUT2D eigenvalue weighted by Crippen LogP contribution is -2.26. The van der Waals surface area contributed by atoms with Crippen LogP contribution in [0, 0.1) is 0 Å². The van der Waals surface area contributed by atoms with Gasteiger partial charge in [-0.25, -0.2) is 0 Å². The Labute approximate surface area is 135 Å². The summed E-state index contributed by atoms with van der Waals surface area (Å²) in [6.45, 7) is 1.07. The van der Waals surface area contributed by atoms with Crippen LogP contribution in [0.4, 0.5) is 11.4 Å². The van der Waals surface area contributed by atoms with Gasteiger partial charge in [-0.15, -0.1) is 0 Å². The zero-order valence-electron chi connectivity index (χ0n) is 13.3. The van der Waals surface area contributed by atoms with Gasteiger partial charge in [0.25, 0.3) is 5.91 Å². The van der Waals surface area contributed by atoms with Crippen molar-refractivity contribution in [2.24, 2.45) is 5.73 Å². The Morgan fingerprint density at radius 3 is 2.87 bits per heavy atom. The molecule has 0 bridgehead atoms. The molecule has 126 valence electrons. The van der Waals surface area contributed by atoms with Crippen molar-refractivity contribution in [3.8, 4) is 5.75 Å². The Morgan fingerprint density at radius 1 is 1.39 bits per heavy atom. The van der Waals surface area contributed by atoms with Gasteiger partial charge < -0.3 is 25.8 Å². The predicted molar refractivity (Wildman–Crippen MR) is 87.5 cm³/mol. The molecule has 1 aromatic carbocycles. The highest BCUT2D eigenvalue weighted by molar-refractivity contribution is 5.97. The molecule has 1 aliphatic rings. The first-order chi connectivity index (χ1) is 11.1. The van der Waals surface area contributed by atoms with Crippen molar-refractivity contribution in [2.75, 3.05) is 30.9 Å². The van der Waals surface area contributed by atoms with Crippen molar-refractivity contribution in [1.29, 1.82) is 0 Å². The average Bonchev–Trinajstić information content (AvgIpc) is 3.08. The van der Waals surface area contributed by atoms with Crippen LogP contribution in [0.25, 0.3) is 0 Å². The van der Waals surface area contributed by atoms with Gasteiger partial charge in [0.05, 0.1) is 12.8 Å². The summed E-state index contributed by atoms with van der Waals surface area (Å²) in [5.41, 5.74) is 6.50. The summed E-state index contributed by atoms with van der Waals surface area (Å²) < 4.78 is 10.6. The molecule has 0 aliphatic carbocycles. The third-order valence-corrected chi connectivity index (χ3v) is 3.57. The van der Waals surface area contributed by atoms with Crippen LogP contribution >= 0.6 is 0 Å². The molecule has 1 aliphatic heterocycles. The van der Waals surface area contributed by atoms with Gasteiger partial charge in [0.15, 0.2) is 0 Å². The molecule has 7 heteroatoms. The third-order valence-electron chi connectivity index (χ3n) is 3.57. The molecular formula is C16H23N3O4. The van der Waals surface area contributed by atoms with Crippen LogP contribution in [0.15, 0.2) is 18.2 Å². The second kappa shape index (κ2) is 8.50. The van der Waals surface area contributed by atoms with Gasteiger partial charge in [0, 0.05) is 18.7 Å². The molecule has 1 saturated heterocycles. The van der Waals surface area contributed by atoms with Gasteiger partial charge in [0.1, 0.15) is 11.9 Å². The zero-order valence-corrected chi connectivity index (χ0v) is 13.3. The van der Waals surface area contributed by atoms with Crippen molar-refractivity contribution in [1.82, 2.24) is 0 Å². The summed E-state index contributed by atoms with van der Waals surface area (Å²) >= 11 is 0. The van der Waals surface area contributed by atoms with E-state index in [1.165, 1.54) is 7.11 Å². The minimum absolute atomic E-state index is 0.142. The van der Waals surface area contributed by atoms with Crippen LogP contribution < -0.4 is 21.1 Å². The van der Waals surface area contributed by atoms with Gasteiger partial charge in [-0.3, -0.25) is 9.59 Å². The van der Waals surface area contributed by atoms with E-state index in [9.17, 15) is 9.59 Å². The number of nitrogens with one attached hydrogen (secondary N) is 2. The number of hydrogen-bond donors (Lipinski definition) is 3. The number of benzene rings is 1. The van der Waals surface area contributed by atoms with Gasteiger partial charge in [-0.05, 0) is 44.0 Å². The highest BCUT2D eigenvalue weighted by atomic mass is 16.5. The summed E-state index contributed by atoms with van der Waals surface area (Å²) in [5, 5.41) is 5.58. The topological polar surface area (TPSA) is 103 Å². The number of rotatable bonds is 7. The molecule has 1 fully saturated rings. The summed E-state index contributed by atoms with van der Waals surface area (Å²) in [7, 11) is 1.52. The van der Waals surface area contributed by atoms with Crippen LogP contribution in [-0.4, -0.2) is 38.2 Å². The van der Waals surface area contributed by atoms with E-state index in [1.807, 2.05) is 0 Å². The maximum absolute atomic E-state index is 12.1. The first kappa shape index (κ1) is 17.2. The number of ether oxygens (including phenoxy) is 2. The third kappa shape index (κ3) is 4.94. The Balaban J connectivity index is 2.05. The smallest absolute Gasteiger partial charge is 0.253 e. The van der Waals surface area contributed by atoms with Crippen LogP contribution in [0.3, 0.4) is 0 Å². The zero-order chi connectivity index (χ0) is 16.7. The lowest BCUT2D eigenvalue weighted by molar-refractivity contribution is -0.124. The summed E-state index contributed by atoms with van der Waals surface area (Å²) in [5.74, 6) is 0.214. The minimum Gasteiger partial charge on any atom is -0.495 e. The molecule has 1 heterocycles. The molecule has 0 spiro atoms. The van der Waals surface area contributed by atoms with Gasteiger partial charge in [0.2, 0.25) is 5.91 Å². The number of amides is 2. The monoisotopic (exact) mass is 321 g/mol. The molecule has 2 rings (SSSR count). The number of nitrogens with two attached hydrogens (primary N) is 1. The van der Waals surface area contributed by atoms with Gasteiger partial charge in [-0.2, -0.15) is 0 Å². The molecule has 0 radical (unpaired) electrons. The molecule has 2 amide bonds. The quantitative estimate of drug-likeness (QED) is 0.706. The molecule has 1 aromatic rings. The molecule has 4 N–H and O–H groups in total. The van der Waals surface area contributed by atoms with E-state index in [0.29, 0.717) is 43.1 Å². The molecule has 23 heavy (non-hydrogen) atoms. The molecule has 1 atom stereocenters. The van der Waals surface area contributed by atoms with Gasteiger partial charge >= 0.3 is 0 Å². The van der Waals surface area contributed by atoms with E-state index in [0.717, 1.165) is 12.8 Å². The number of methoxy groups -OCH3 is 1. The molecule has 0 saturated carbocycles. The number of hydrogen-bond acceptors (Lipinski definition) is 5. The fourth-order valence-corrected chi connectivity index (χ4v) is 2.37. The molecule has 7 nitrogen and oxygen atoms in total. The fourth-order valence-electron chi connectivity index (χ4n) is 2.37. The Bertz CT molecular complexity index is 556. The van der Waals surface area contributed by atoms with E-state index in [1.54, 1.807) is 18.2 Å². The van der Waals surface area contributed by atoms with Crippen molar-refractivity contribution in [3.63, 3.8) is 0 Å².